The SMILES string of the molecule is NC1C2CN(Cc3cccc(-c4nc5ccccc5[nH]4)n3)CC12. The molecule has 0 bridgehead atoms. The van der Waals surface area contributed by atoms with E-state index in [1.807, 2.05) is 30.3 Å². The Kier molecular flexibility index (Phi) is 2.80. The smallest absolute Gasteiger partial charge is 0.157 e. The number of aromatic nitrogens is 3. The summed E-state index contributed by atoms with van der Waals surface area (Å²) in [6.45, 7) is 3.12. The van der Waals surface area contributed by atoms with Gasteiger partial charge in [0.2, 0.25) is 0 Å². The number of H-pyrrole nitrogens is 1. The lowest BCUT2D eigenvalue weighted by atomic mass is 10.2. The van der Waals surface area contributed by atoms with E-state index in [2.05, 4.69) is 27.0 Å². The van der Waals surface area contributed by atoms with Gasteiger partial charge in [0, 0.05) is 25.7 Å². The fourth-order valence-corrected chi connectivity index (χ4v) is 3.79. The molecule has 0 radical (unpaired) electrons. The number of hydrogen-bond donors (Lipinski definition) is 2. The molecule has 2 aliphatic rings. The normalized spacial score (nSPS) is 26.6. The van der Waals surface area contributed by atoms with Gasteiger partial charge in [-0.15, -0.1) is 0 Å². The number of rotatable bonds is 3. The number of aromatic amines is 1. The van der Waals surface area contributed by atoms with E-state index in [-0.39, 0.29) is 0 Å². The summed E-state index contributed by atoms with van der Waals surface area (Å²) in [4.78, 5) is 15.2. The van der Waals surface area contributed by atoms with Crippen LogP contribution in [0.1, 0.15) is 5.69 Å². The molecule has 23 heavy (non-hydrogen) atoms. The summed E-state index contributed by atoms with van der Waals surface area (Å²) in [5.41, 5.74) is 10.0. The van der Waals surface area contributed by atoms with Crippen molar-refractivity contribution in [3.8, 4) is 11.5 Å². The van der Waals surface area contributed by atoms with E-state index in [4.69, 9.17) is 10.7 Å². The van der Waals surface area contributed by atoms with Crippen molar-refractivity contribution >= 4 is 11.0 Å². The van der Waals surface area contributed by atoms with Gasteiger partial charge in [-0.1, -0.05) is 18.2 Å². The van der Waals surface area contributed by atoms with Crippen LogP contribution < -0.4 is 5.73 Å². The number of nitrogens with one attached hydrogen (secondary N) is 1. The highest BCUT2D eigenvalue weighted by Gasteiger charge is 2.53. The van der Waals surface area contributed by atoms with Crippen LogP contribution in [-0.2, 0) is 6.54 Å². The first-order chi connectivity index (χ1) is 11.3. The highest BCUT2D eigenvalue weighted by molar-refractivity contribution is 5.78. The topological polar surface area (TPSA) is 70.8 Å². The zero-order chi connectivity index (χ0) is 15.4. The minimum Gasteiger partial charge on any atom is -0.337 e. The van der Waals surface area contributed by atoms with Crippen LogP contribution in [0.25, 0.3) is 22.6 Å². The molecular weight excluding hydrogens is 286 g/mol. The summed E-state index contributed by atoms with van der Waals surface area (Å²) < 4.78 is 0. The summed E-state index contributed by atoms with van der Waals surface area (Å²) in [5, 5.41) is 0. The zero-order valence-electron chi connectivity index (χ0n) is 12.8. The standard InChI is InChI=1S/C18H19N5/c19-17-12-9-23(10-13(12)17)8-11-4-3-7-16(20-11)18-21-14-5-1-2-6-15(14)22-18/h1-7,12-13,17H,8-10,19H2,(H,21,22). The molecule has 5 nitrogen and oxygen atoms in total. The van der Waals surface area contributed by atoms with Gasteiger partial charge in [-0.2, -0.15) is 0 Å². The largest absolute Gasteiger partial charge is 0.337 e. The second kappa shape index (κ2) is 4.88. The van der Waals surface area contributed by atoms with Crippen LogP contribution in [0, 0.1) is 11.8 Å². The Morgan fingerprint density at radius 1 is 1.04 bits per heavy atom. The maximum atomic E-state index is 6.01. The molecule has 1 aliphatic carbocycles. The third-order valence-electron chi connectivity index (χ3n) is 5.16. The van der Waals surface area contributed by atoms with E-state index in [0.29, 0.717) is 17.9 Å². The van der Waals surface area contributed by atoms with Crippen molar-refractivity contribution < 1.29 is 0 Å². The number of imidazole rings is 1. The lowest BCUT2D eigenvalue weighted by Gasteiger charge is -2.18. The average Bonchev–Trinajstić information content (AvgIpc) is 2.99. The van der Waals surface area contributed by atoms with Crippen molar-refractivity contribution in [2.75, 3.05) is 13.1 Å². The Morgan fingerprint density at radius 3 is 2.70 bits per heavy atom. The van der Waals surface area contributed by atoms with Gasteiger partial charge >= 0.3 is 0 Å². The van der Waals surface area contributed by atoms with Gasteiger partial charge in [0.15, 0.2) is 5.82 Å². The highest BCUT2D eigenvalue weighted by Crippen LogP contribution is 2.44. The predicted molar refractivity (Wildman–Crippen MR) is 89.6 cm³/mol. The van der Waals surface area contributed by atoms with Gasteiger partial charge in [0.25, 0.3) is 0 Å². The van der Waals surface area contributed by atoms with Gasteiger partial charge in [-0.3, -0.25) is 4.90 Å². The second-order valence-corrected chi connectivity index (χ2v) is 6.72. The molecule has 3 heterocycles. The molecule has 1 aromatic carbocycles. The number of piperidine rings is 1. The first-order valence-corrected chi connectivity index (χ1v) is 8.17. The van der Waals surface area contributed by atoms with Crippen LogP contribution in [0.3, 0.4) is 0 Å². The fraction of sp³-hybridized carbons (Fsp3) is 0.333. The van der Waals surface area contributed by atoms with Crippen molar-refractivity contribution in [3.05, 3.63) is 48.2 Å². The third kappa shape index (κ3) is 2.24. The second-order valence-electron chi connectivity index (χ2n) is 6.72. The molecule has 0 spiro atoms. The molecule has 116 valence electrons. The molecule has 2 fully saturated rings. The molecule has 0 amide bonds. The highest BCUT2D eigenvalue weighted by atomic mass is 15.2. The van der Waals surface area contributed by atoms with Gasteiger partial charge in [-0.25, -0.2) is 9.97 Å². The van der Waals surface area contributed by atoms with Crippen molar-refractivity contribution in [2.45, 2.75) is 12.6 Å². The molecule has 3 aromatic rings. The third-order valence-corrected chi connectivity index (χ3v) is 5.16. The van der Waals surface area contributed by atoms with Crippen LogP contribution in [-0.4, -0.2) is 39.0 Å². The Morgan fingerprint density at radius 2 is 1.87 bits per heavy atom. The number of benzene rings is 1. The van der Waals surface area contributed by atoms with E-state index in [9.17, 15) is 0 Å². The van der Waals surface area contributed by atoms with Crippen molar-refractivity contribution in [1.82, 2.24) is 19.9 Å². The van der Waals surface area contributed by atoms with Crippen LogP contribution >= 0.6 is 0 Å². The molecular formula is C18H19N5. The van der Waals surface area contributed by atoms with Crippen LogP contribution in [0.15, 0.2) is 42.5 Å². The Hall–Kier alpha value is -2.24. The zero-order valence-corrected chi connectivity index (χ0v) is 12.8. The van der Waals surface area contributed by atoms with E-state index >= 15 is 0 Å². The van der Waals surface area contributed by atoms with Crippen molar-refractivity contribution in [3.63, 3.8) is 0 Å². The maximum absolute atomic E-state index is 6.01. The van der Waals surface area contributed by atoms with Crippen LogP contribution in [0.2, 0.25) is 0 Å². The number of nitrogens with two attached hydrogens (primary N) is 1. The molecule has 1 aliphatic heterocycles. The minimum absolute atomic E-state index is 0.445. The molecule has 1 saturated carbocycles. The number of hydrogen-bond acceptors (Lipinski definition) is 4. The summed E-state index contributed by atoms with van der Waals surface area (Å²) in [7, 11) is 0. The maximum Gasteiger partial charge on any atom is 0.157 e. The molecule has 3 N–H and O–H groups in total. The number of nitrogens with zero attached hydrogens (tertiary/aromatic N) is 3. The Balaban J connectivity index is 1.39. The molecule has 2 unspecified atom stereocenters. The average molecular weight is 305 g/mol. The van der Waals surface area contributed by atoms with Crippen LogP contribution in [0.4, 0.5) is 0 Å². The molecule has 2 atom stereocenters. The van der Waals surface area contributed by atoms with E-state index in [1.54, 1.807) is 0 Å². The number of pyridine rings is 1. The summed E-state index contributed by atoms with van der Waals surface area (Å²) >= 11 is 0. The first-order valence-electron chi connectivity index (χ1n) is 8.17. The van der Waals surface area contributed by atoms with E-state index in [1.165, 1.54) is 0 Å². The number of likely N-dealkylation sites (tertiary alicyclic amines) is 1. The molecule has 5 heteroatoms. The van der Waals surface area contributed by atoms with Gasteiger partial charge in [0.1, 0.15) is 5.69 Å². The lowest BCUT2D eigenvalue weighted by molar-refractivity contribution is 0.287. The lowest BCUT2D eigenvalue weighted by Crippen LogP contribution is -2.28. The molecule has 2 aromatic heterocycles. The quantitative estimate of drug-likeness (QED) is 0.776. The number of para-hydroxylation sites is 2. The van der Waals surface area contributed by atoms with E-state index in [0.717, 1.165) is 47.9 Å². The fourth-order valence-electron chi connectivity index (χ4n) is 3.79. The van der Waals surface area contributed by atoms with E-state index < -0.39 is 0 Å². The summed E-state index contributed by atoms with van der Waals surface area (Å²) in [6, 6.07) is 14.7. The molecule has 5 rings (SSSR count). The minimum atomic E-state index is 0.445. The molecule has 1 saturated heterocycles. The Bertz CT molecular complexity index is 825. The summed E-state index contributed by atoms with van der Waals surface area (Å²) in [6.07, 6.45) is 0. The van der Waals surface area contributed by atoms with Crippen molar-refractivity contribution in [1.29, 1.82) is 0 Å². The van der Waals surface area contributed by atoms with Gasteiger partial charge in [0.05, 0.1) is 16.7 Å². The number of fused-ring (bicyclic) bond motifs is 2. The van der Waals surface area contributed by atoms with Crippen molar-refractivity contribution in [2.24, 2.45) is 17.6 Å². The first kappa shape index (κ1) is 13.2. The monoisotopic (exact) mass is 305 g/mol. The van der Waals surface area contributed by atoms with Crippen LogP contribution in [0.5, 0.6) is 0 Å². The predicted octanol–water partition coefficient (Wildman–Crippen LogP) is 2.01. The van der Waals surface area contributed by atoms with Gasteiger partial charge < -0.3 is 10.7 Å². The summed E-state index contributed by atoms with van der Waals surface area (Å²) in [5.74, 6) is 2.27. The Labute approximate surface area is 134 Å². The van der Waals surface area contributed by atoms with Gasteiger partial charge in [-0.05, 0) is 36.1 Å².